The minimum absolute atomic E-state index is 0.0121. The van der Waals surface area contributed by atoms with Crippen molar-refractivity contribution >= 4 is 35.3 Å². The second kappa shape index (κ2) is 35.1. The Morgan fingerprint density at radius 2 is 1.24 bits per heavy atom. The molecule has 0 saturated carbocycles. The molecule has 2 atom stereocenters. The highest BCUT2D eigenvalue weighted by Crippen LogP contribution is 2.48. The molecule has 22 heteroatoms. The minimum atomic E-state index is -5.09. The summed E-state index contributed by atoms with van der Waals surface area (Å²) in [5, 5.41) is 0. The van der Waals surface area contributed by atoms with Gasteiger partial charge in [0.25, 0.3) is 5.91 Å². The van der Waals surface area contributed by atoms with Crippen molar-refractivity contribution in [2.24, 2.45) is 0 Å². The molecule has 3 heterocycles. The quantitative estimate of drug-likeness (QED) is 0.0277. The summed E-state index contributed by atoms with van der Waals surface area (Å²) in [6, 6.07) is 41.1. The summed E-state index contributed by atoms with van der Waals surface area (Å²) < 4.78 is 113. The molecular formula is C79H96F7N7O8. The molecule has 4 amide bonds. The lowest BCUT2D eigenvalue weighted by Gasteiger charge is -2.44. The van der Waals surface area contributed by atoms with Gasteiger partial charge in [-0.3, -0.25) is 24.0 Å². The molecule has 0 bridgehead atoms. The normalized spacial score (nSPS) is 17.8. The molecule has 10 rings (SSSR count). The van der Waals surface area contributed by atoms with Crippen LogP contribution in [0.1, 0.15) is 127 Å². The SMILES string of the molecule is CCC(=O)N(C)CCCN(C)C(=O)Cc1ccc(N(C)CCCCCC(=O)N(C)CCN2CCC(OC(=O)Cc3ccccc3-c3ccccc3)CC2)cc1.CO[C@H]1Cc2ccccc2C12CCN(CC[C@@]1(c3ccc(F)cc3)CN(C(=O)c3cc(C(F)(F)F)cc(C(F)(F)F)c3)CO1)CC2. The van der Waals surface area contributed by atoms with E-state index in [1.165, 1.54) is 35.4 Å². The fourth-order valence-corrected chi connectivity index (χ4v) is 14.4. The van der Waals surface area contributed by atoms with E-state index < -0.39 is 46.4 Å². The van der Waals surface area contributed by atoms with Crippen LogP contribution in [0.3, 0.4) is 0 Å². The van der Waals surface area contributed by atoms with Crippen molar-refractivity contribution in [2.45, 2.75) is 132 Å². The van der Waals surface area contributed by atoms with Gasteiger partial charge in [0, 0.05) is 117 Å². The average molecular weight is 1400 g/mol. The summed E-state index contributed by atoms with van der Waals surface area (Å²) in [7, 11) is 9.33. The molecule has 15 nitrogen and oxygen atoms in total. The van der Waals surface area contributed by atoms with Crippen LogP contribution in [0.2, 0.25) is 0 Å². The summed E-state index contributed by atoms with van der Waals surface area (Å²) in [6.07, 6.45) is -0.342. The molecule has 1 aliphatic carbocycles. The van der Waals surface area contributed by atoms with E-state index in [1.54, 1.807) is 24.0 Å². The lowest BCUT2D eigenvalue weighted by Crippen LogP contribution is -2.49. The number of amides is 4. The first-order chi connectivity index (χ1) is 48.3. The van der Waals surface area contributed by atoms with Crippen LogP contribution in [0.4, 0.5) is 36.4 Å². The van der Waals surface area contributed by atoms with Gasteiger partial charge < -0.3 is 48.5 Å². The third-order valence-electron chi connectivity index (χ3n) is 20.6. The van der Waals surface area contributed by atoms with Gasteiger partial charge in [-0.1, -0.05) is 116 Å². The summed E-state index contributed by atoms with van der Waals surface area (Å²) >= 11 is 0. The van der Waals surface area contributed by atoms with Crippen molar-refractivity contribution in [1.82, 2.24) is 29.4 Å². The first-order valence-corrected chi connectivity index (χ1v) is 35.2. The number of anilines is 1. The maximum atomic E-state index is 13.9. The number of esters is 1. The van der Waals surface area contributed by atoms with Crippen LogP contribution in [0.15, 0.2) is 146 Å². The third kappa shape index (κ3) is 20.6. The molecule has 0 radical (unpaired) electrons. The molecule has 0 N–H and O–H groups in total. The molecule has 6 aromatic carbocycles. The molecule has 3 aliphatic heterocycles. The molecule has 0 aromatic heterocycles. The number of likely N-dealkylation sites (N-methyl/N-ethyl adjacent to an activating group) is 2. The van der Waals surface area contributed by atoms with Gasteiger partial charge in [0.1, 0.15) is 24.3 Å². The predicted octanol–water partition coefficient (Wildman–Crippen LogP) is 13.5. The lowest BCUT2D eigenvalue weighted by atomic mass is 9.72. The van der Waals surface area contributed by atoms with Gasteiger partial charge >= 0.3 is 18.3 Å². The number of ether oxygens (including phenoxy) is 3. The Balaban J connectivity index is 0.000000239. The number of hydrogen-bond donors (Lipinski definition) is 0. The number of unbranched alkanes of at least 4 members (excludes halogenated alkanes) is 2. The maximum Gasteiger partial charge on any atom is 0.416 e. The Hall–Kier alpha value is -8.18. The number of piperidine rings is 2. The topological polar surface area (TPSA) is 136 Å². The minimum Gasteiger partial charge on any atom is -0.462 e. The van der Waals surface area contributed by atoms with E-state index >= 15 is 0 Å². The van der Waals surface area contributed by atoms with Crippen molar-refractivity contribution < 1.29 is 68.9 Å². The largest absolute Gasteiger partial charge is 0.462 e. The van der Waals surface area contributed by atoms with E-state index in [4.69, 9.17) is 14.2 Å². The molecule has 0 unspecified atom stereocenters. The van der Waals surface area contributed by atoms with E-state index in [-0.39, 0.29) is 67.1 Å². The molecule has 4 aliphatic rings. The van der Waals surface area contributed by atoms with Crippen molar-refractivity contribution in [3.8, 4) is 11.1 Å². The highest BCUT2D eigenvalue weighted by Gasteiger charge is 2.50. The van der Waals surface area contributed by atoms with Crippen LogP contribution >= 0.6 is 0 Å². The Bertz CT molecular complexity index is 3680. The number of alkyl halides is 6. The molecule has 101 heavy (non-hydrogen) atoms. The van der Waals surface area contributed by atoms with Gasteiger partial charge in [-0.15, -0.1) is 0 Å². The molecule has 3 saturated heterocycles. The molecule has 3 fully saturated rings. The van der Waals surface area contributed by atoms with Crippen LogP contribution in [0.25, 0.3) is 11.1 Å². The van der Waals surface area contributed by atoms with E-state index in [1.807, 2.05) is 86.6 Å². The molecule has 6 aromatic rings. The van der Waals surface area contributed by atoms with Crippen LogP contribution < -0.4 is 4.90 Å². The average Bonchev–Trinajstić information content (AvgIpc) is 1.62. The Morgan fingerprint density at radius 1 is 0.624 bits per heavy atom. The van der Waals surface area contributed by atoms with Crippen LogP contribution in [0.5, 0.6) is 0 Å². The number of carbonyl (C=O) groups excluding carboxylic acids is 5. The van der Waals surface area contributed by atoms with Gasteiger partial charge in [0.2, 0.25) is 17.7 Å². The van der Waals surface area contributed by atoms with Crippen molar-refractivity contribution in [3.05, 3.63) is 196 Å². The summed E-state index contributed by atoms with van der Waals surface area (Å²) in [4.78, 5) is 76.8. The monoisotopic (exact) mass is 1400 g/mol. The van der Waals surface area contributed by atoms with Crippen LogP contribution in [0, 0.1) is 5.82 Å². The highest BCUT2D eigenvalue weighted by molar-refractivity contribution is 5.95. The van der Waals surface area contributed by atoms with Crippen molar-refractivity contribution in [3.63, 3.8) is 0 Å². The summed E-state index contributed by atoms with van der Waals surface area (Å²) in [5.41, 5.74) is 3.28. The van der Waals surface area contributed by atoms with Gasteiger partial charge in [0.15, 0.2) is 0 Å². The van der Waals surface area contributed by atoms with Gasteiger partial charge in [-0.05, 0) is 152 Å². The van der Waals surface area contributed by atoms with Crippen LogP contribution in [-0.4, -0.2) is 185 Å². The predicted molar refractivity (Wildman–Crippen MR) is 375 cm³/mol. The fourth-order valence-electron chi connectivity index (χ4n) is 14.4. The maximum absolute atomic E-state index is 13.9. The van der Waals surface area contributed by atoms with Gasteiger partial charge in [-0.25, -0.2) is 4.39 Å². The Labute approximate surface area is 589 Å². The zero-order valence-electron chi connectivity index (χ0n) is 58.9. The number of fused-ring (bicyclic) bond motifs is 2. The van der Waals surface area contributed by atoms with Crippen molar-refractivity contribution in [1.29, 1.82) is 0 Å². The van der Waals surface area contributed by atoms with Gasteiger partial charge in [-0.2, -0.15) is 26.3 Å². The first kappa shape index (κ1) is 77.0. The zero-order valence-corrected chi connectivity index (χ0v) is 58.9. The van der Waals surface area contributed by atoms with Crippen molar-refractivity contribution in [2.75, 3.05) is 119 Å². The molecule has 544 valence electrons. The van der Waals surface area contributed by atoms with Crippen LogP contribution in [-0.2, 0) is 76.0 Å². The van der Waals surface area contributed by atoms with E-state index in [0.717, 1.165) is 130 Å². The number of likely N-dealkylation sites (tertiary alicyclic amines) is 2. The number of hydrogen-bond acceptors (Lipinski definition) is 11. The number of halogens is 7. The van der Waals surface area contributed by atoms with Gasteiger partial charge in [0.05, 0.1) is 36.6 Å². The van der Waals surface area contributed by atoms with E-state index in [0.29, 0.717) is 69.6 Å². The highest BCUT2D eigenvalue weighted by atomic mass is 19.4. The molecular weight excluding hydrogens is 1310 g/mol. The number of methoxy groups -OCH3 is 1. The number of benzene rings is 6. The summed E-state index contributed by atoms with van der Waals surface area (Å²) in [6.45, 7) is 8.82. The second-order valence-electron chi connectivity index (χ2n) is 27.4. The fraction of sp³-hybridized carbons (Fsp3) is 0.481. The lowest BCUT2D eigenvalue weighted by molar-refractivity contribution is -0.150. The summed E-state index contributed by atoms with van der Waals surface area (Å²) in [5.74, 6) is -1.31. The Morgan fingerprint density at radius 3 is 1.89 bits per heavy atom. The third-order valence-corrected chi connectivity index (χ3v) is 20.6. The second-order valence-corrected chi connectivity index (χ2v) is 27.4. The van der Waals surface area contributed by atoms with E-state index in [2.05, 4.69) is 64.2 Å². The first-order valence-electron chi connectivity index (χ1n) is 35.2. The standard InChI is InChI=1S/C45H63N5O5.C34H33F7N2O3/c1-6-42(51)47(3)28-15-29-48(4)44(53)34-36-21-23-39(24-22-36)46(2)27-14-8-11-20-43(52)49(5)32-33-50-30-25-40(26-31-50)55-45(54)35-38-18-12-13-19-41(38)37-16-9-7-10-17-37;1-45-29-18-22-4-2-3-5-28(22)31(29)10-13-42(14-11-31)15-12-32(24-6-8-27(35)9-7-24)20-43(21-46-32)30(44)23-16-25(33(36,37)38)19-26(17-23)34(39,40)41/h7,9-10,12-13,16-19,21-24,40H,6,8,11,14-15,20,25-35H2,1-5H3;2-9,16-17,19,29H,10-15,18,20-21H2,1H3/t;29-,32-/m.0/s1. The smallest absolute Gasteiger partial charge is 0.416 e. The number of nitrogens with zero attached hydrogens (tertiary/aromatic N) is 7. The number of carbonyl (C=O) groups is 5. The zero-order chi connectivity index (χ0) is 72.5. The van der Waals surface area contributed by atoms with E-state index in [9.17, 15) is 54.7 Å². The Kier molecular flexibility index (Phi) is 26.8. The molecule has 1 spiro atoms. The number of rotatable bonds is 27.